The molecule has 0 unspecified atom stereocenters. The molecule has 7 heteroatoms. The van der Waals surface area contributed by atoms with E-state index in [1.165, 1.54) is 0 Å². The van der Waals surface area contributed by atoms with E-state index in [0.717, 1.165) is 73.8 Å². The lowest BCUT2D eigenvalue weighted by Gasteiger charge is -2.27. The zero-order valence-electron chi connectivity index (χ0n) is 15.2. The lowest BCUT2D eigenvalue weighted by atomic mass is 10.1. The number of benzene rings is 1. The SMILES string of the molecule is CN1CCCN(c2nnc(C(=O)N3CCSCC3)c3ccccc23)CC1. The van der Waals surface area contributed by atoms with Crippen LogP contribution in [0.2, 0.25) is 0 Å². The van der Waals surface area contributed by atoms with E-state index < -0.39 is 0 Å². The highest BCUT2D eigenvalue weighted by atomic mass is 32.2. The Hall–Kier alpha value is -1.86. The van der Waals surface area contributed by atoms with Gasteiger partial charge in [-0.2, -0.15) is 11.8 Å². The smallest absolute Gasteiger partial charge is 0.275 e. The summed E-state index contributed by atoms with van der Waals surface area (Å²) >= 11 is 1.90. The van der Waals surface area contributed by atoms with E-state index in [1.54, 1.807) is 0 Å². The molecule has 2 aliphatic heterocycles. The number of amides is 1. The molecule has 0 bridgehead atoms. The van der Waals surface area contributed by atoms with Crippen LogP contribution in [-0.4, -0.2) is 83.7 Å². The van der Waals surface area contributed by atoms with Crippen molar-refractivity contribution in [2.75, 3.05) is 62.7 Å². The highest BCUT2D eigenvalue weighted by molar-refractivity contribution is 7.99. The molecular weight excluding hydrogens is 346 g/mol. The van der Waals surface area contributed by atoms with Crippen molar-refractivity contribution in [3.05, 3.63) is 30.0 Å². The summed E-state index contributed by atoms with van der Waals surface area (Å²) in [7, 11) is 2.16. The van der Waals surface area contributed by atoms with Crippen LogP contribution < -0.4 is 4.90 Å². The van der Waals surface area contributed by atoms with Gasteiger partial charge in [0.05, 0.1) is 0 Å². The molecular formula is C19H25N5OS. The Bertz CT molecular complexity index is 793. The molecule has 1 amide bonds. The van der Waals surface area contributed by atoms with Gasteiger partial charge in [-0.15, -0.1) is 10.2 Å². The lowest BCUT2D eigenvalue weighted by Crippen LogP contribution is -2.38. The number of aromatic nitrogens is 2. The maximum atomic E-state index is 13.0. The molecule has 0 spiro atoms. The van der Waals surface area contributed by atoms with Crippen molar-refractivity contribution in [3.63, 3.8) is 0 Å². The normalized spacial score (nSPS) is 19.6. The topological polar surface area (TPSA) is 52.6 Å². The van der Waals surface area contributed by atoms with Gasteiger partial charge < -0.3 is 14.7 Å². The van der Waals surface area contributed by atoms with E-state index in [-0.39, 0.29) is 5.91 Å². The van der Waals surface area contributed by atoms with Crippen LogP contribution in [0, 0.1) is 0 Å². The summed E-state index contributed by atoms with van der Waals surface area (Å²) in [4.78, 5) is 19.6. The quantitative estimate of drug-likeness (QED) is 0.804. The first-order valence-corrected chi connectivity index (χ1v) is 10.5. The van der Waals surface area contributed by atoms with Crippen molar-refractivity contribution in [1.82, 2.24) is 20.0 Å². The third-order valence-electron chi connectivity index (χ3n) is 5.19. The fourth-order valence-corrected chi connectivity index (χ4v) is 4.56. The van der Waals surface area contributed by atoms with Gasteiger partial charge in [0.25, 0.3) is 5.91 Å². The lowest BCUT2D eigenvalue weighted by molar-refractivity contribution is 0.0767. The van der Waals surface area contributed by atoms with Gasteiger partial charge in [-0.25, -0.2) is 0 Å². The van der Waals surface area contributed by atoms with Gasteiger partial charge in [0.15, 0.2) is 11.5 Å². The summed E-state index contributed by atoms with van der Waals surface area (Å²) in [6, 6.07) is 8.07. The Morgan fingerprint density at radius 1 is 0.962 bits per heavy atom. The minimum atomic E-state index is 0.0103. The maximum Gasteiger partial charge on any atom is 0.275 e. The molecule has 3 heterocycles. The Morgan fingerprint density at radius 2 is 1.73 bits per heavy atom. The van der Waals surface area contributed by atoms with Gasteiger partial charge in [-0.1, -0.05) is 24.3 Å². The molecule has 6 nitrogen and oxygen atoms in total. The van der Waals surface area contributed by atoms with Crippen molar-refractivity contribution in [2.45, 2.75) is 6.42 Å². The molecule has 2 aliphatic rings. The molecule has 26 heavy (non-hydrogen) atoms. The number of thioether (sulfide) groups is 1. The van der Waals surface area contributed by atoms with Crippen molar-refractivity contribution in [1.29, 1.82) is 0 Å². The predicted molar refractivity (Wildman–Crippen MR) is 107 cm³/mol. The predicted octanol–water partition coefficient (Wildman–Crippen LogP) is 1.96. The van der Waals surface area contributed by atoms with Gasteiger partial charge in [-0.3, -0.25) is 4.79 Å². The van der Waals surface area contributed by atoms with Gasteiger partial charge >= 0.3 is 0 Å². The van der Waals surface area contributed by atoms with Crippen molar-refractivity contribution in [3.8, 4) is 0 Å². The third kappa shape index (κ3) is 3.50. The third-order valence-corrected chi connectivity index (χ3v) is 6.13. The zero-order valence-corrected chi connectivity index (χ0v) is 16.0. The molecule has 4 rings (SSSR count). The number of fused-ring (bicyclic) bond motifs is 1. The van der Waals surface area contributed by atoms with Gasteiger partial charge in [0, 0.05) is 55.0 Å². The number of hydrogen-bond acceptors (Lipinski definition) is 6. The van der Waals surface area contributed by atoms with Crippen LogP contribution in [-0.2, 0) is 0 Å². The molecule has 1 aromatic carbocycles. The number of nitrogens with zero attached hydrogens (tertiary/aromatic N) is 5. The number of carbonyl (C=O) groups is 1. The second-order valence-electron chi connectivity index (χ2n) is 6.97. The molecule has 2 aromatic rings. The molecule has 0 atom stereocenters. The summed E-state index contributed by atoms with van der Waals surface area (Å²) in [6.07, 6.45) is 1.11. The van der Waals surface area contributed by atoms with Crippen molar-refractivity contribution in [2.24, 2.45) is 0 Å². The first-order valence-electron chi connectivity index (χ1n) is 9.30. The van der Waals surface area contributed by atoms with Gasteiger partial charge in [0.2, 0.25) is 0 Å². The van der Waals surface area contributed by atoms with E-state index in [9.17, 15) is 4.79 Å². The summed E-state index contributed by atoms with van der Waals surface area (Å²) in [6.45, 7) is 5.61. The minimum Gasteiger partial charge on any atom is -0.353 e. The van der Waals surface area contributed by atoms with Crippen LogP contribution in [0.3, 0.4) is 0 Å². The number of anilines is 1. The fourth-order valence-electron chi connectivity index (χ4n) is 3.66. The highest BCUT2D eigenvalue weighted by Crippen LogP contribution is 2.27. The molecule has 138 valence electrons. The first-order chi connectivity index (χ1) is 12.7. The van der Waals surface area contributed by atoms with E-state index in [1.807, 2.05) is 34.9 Å². The maximum absolute atomic E-state index is 13.0. The molecule has 0 radical (unpaired) electrons. The molecule has 2 fully saturated rings. The fraction of sp³-hybridized carbons (Fsp3) is 0.526. The van der Waals surface area contributed by atoms with Crippen LogP contribution in [0.15, 0.2) is 24.3 Å². The molecule has 0 saturated carbocycles. The summed E-state index contributed by atoms with van der Waals surface area (Å²) < 4.78 is 0. The van der Waals surface area contributed by atoms with Crippen molar-refractivity contribution >= 4 is 34.3 Å². The van der Waals surface area contributed by atoms with E-state index in [0.29, 0.717) is 5.69 Å². The number of rotatable bonds is 2. The standard InChI is InChI=1S/C19H25N5OS/c1-22-7-4-8-23(10-9-22)18-16-6-3-2-5-15(16)17(20-21-18)19(25)24-11-13-26-14-12-24/h2-3,5-6H,4,7-14H2,1H3. The average molecular weight is 372 g/mol. The number of likely N-dealkylation sites (N-methyl/N-ethyl adjacent to an activating group) is 1. The summed E-state index contributed by atoms with van der Waals surface area (Å²) in [5.41, 5.74) is 0.489. The van der Waals surface area contributed by atoms with Crippen LogP contribution in [0.25, 0.3) is 10.8 Å². The van der Waals surface area contributed by atoms with Crippen LogP contribution in [0.4, 0.5) is 5.82 Å². The first kappa shape index (κ1) is 17.5. The molecule has 2 saturated heterocycles. The second kappa shape index (κ2) is 7.80. The number of hydrogen-bond donors (Lipinski definition) is 0. The number of carbonyl (C=O) groups excluding carboxylic acids is 1. The molecule has 1 aromatic heterocycles. The summed E-state index contributed by atoms with van der Waals surface area (Å²) in [5.74, 6) is 2.91. The zero-order chi connectivity index (χ0) is 17.9. The minimum absolute atomic E-state index is 0.0103. The van der Waals surface area contributed by atoms with E-state index >= 15 is 0 Å². The Morgan fingerprint density at radius 3 is 2.54 bits per heavy atom. The Labute approximate surface area is 158 Å². The average Bonchev–Trinajstić information content (AvgIpc) is 2.92. The van der Waals surface area contributed by atoms with Crippen LogP contribution in [0.5, 0.6) is 0 Å². The summed E-state index contributed by atoms with van der Waals surface area (Å²) in [5, 5.41) is 10.9. The Kier molecular flexibility index (Phi) is 5.26. The largest absolute Gasteiger partial charge is 0.353 e. The van der Waals surface area contributed by atoms with Gasteiger partial charge in [0.1, 0.15) is 0 Å². The van der Waals surface area contributed by atoms with Gasteiger partial charge in [-0.05, 0) is 20.0 Å². The highest BCUT2D eigenvalue weighted by Gasteiger charge is 2.24. The molecule has 0 aliphatic carbocycles. The van der Waals surface area contributed by atoms with E-state index in [4.69, 9.17) is 0 Å². The Balaban J connectivity index is 1.70. The monoisotopic (exact) mass is 371 g/mol. The van der Waals surface area contributed by atoms with Crippen molar-refractivity contribution < 1.29 is 4.79 Å². The molecule has 0 N–H and O–H groups in total. The van der Waals surface area contributed by atoms with Crippen LogP contribution in [0.1, 0.15) is 16.9 Å². The van der Waals surface area contributed by atoms with E-state index in [2.05, 4.69) is 33.1 Å². The van der Waals surface area contributed by atoms with Crippen LogP contribution >= 0.6 is 11.8 Å². The second-order valence-corrected chi connectivity index (χ2v) is 8.19.